The maximum atomic E-state index is 14.3. The zero-order chi connectivity index (χ0) is 28.8. The van der Waals surface area contributed by atoms with Crippen molar-refractivity contribution in [1.82, 2.24) is 20.4 Å². The molecule has 1 aromatic rings. The van der Waals surface area contributed by atoms with Gasteiger partial charge in [-0.3, -0.25) is 24.1 Å². The minimum Gasteiger partial charge on any atom is -0.335 e. The fraction of sp³-hybridized carbons (Fsp3) is 0.633. The molecule has 40 heavy (non-hydrogen) atoms. The molecule has 0 aromatic heterocycles. The lowest BCUT2D eigenvalue weighted by Crippen LogP contribution is -2.57. The van der Waals surface area contributed by atoms with Crippen LogP contribution in [0.2, 0.25) is 0 Å². The van der Waals surface area contributed by atoms with E-state index in [0.717, 1.165) is 31.2 Å². The highest BCUT2D eigenvalue weighted by Gasteiger charge is 2.59. The van der Waals surface area contributed by atoms with Crippen molar-refractivity contribution in [3.63, 3.8) is 0 Å². The zero-order valence-corrected chi connectivity index (χ0v) is 23.8. The van der Waals surface area contributed by atoms with Crippen LogP contribution in [0.4, 0.5) is 10.5 Å². The van der Waals surface area contributed by atoms with Gasteiger partial charge in [-0.15, -0.1) is 0 Å². The number of fused-ring (bicyclic) bond motifs is 2. The van der Waals surface area contributed by atoms with Gasteiger partial charge in [-0.1, -0.05) is 51.8 Å². The lowest BCUT2D eigenvalue weighted by atomic mass is 9.80. The van der Waals surface area contributed by atoms with Crippen LogP contribution < -0.4 is 16.0 Å². The minimum atomic E-state index is -0.993. The number of likely N-dealkylation sites (tertiary alicyclic amines) is 1. The van der Waals surface area contributed by atoms with E-state index in [0.29, 0.717) is 24.4 Å². The molecule has 0 unspecified atom stereocenters. The lowest BCUT2D eigenvalue weighted by molar-refractivity contribution is -0.147. The van der Waals surface area contributed by atoms with Crippen LogP contribution >= 0.6 is 0 Å². The van der Waals surface area contributed by atoms with E-state index in [1.807, 2.05) is 45.0 Å². The van der Waals surface area contributed by atoms with E-state index in [1.54, 1.807) is 7.05 Å². The Bertz CT molecular complexity index is 1240. The van der Waals surface area contributed by atoms with Gasteiger partial charge >= 0.3 is 12.2 Å². The Labute approximate surface area is 236 Å². The first kappa shape index (κ1) is 27.9. The van der Waals surface area contributed by atoms with Crippen LogP contribution in [0.1, 0.15) is 71.3 Å². The average molecular weight is 549 g/mol. The Morgan fingerprint density at radius 1 is 1.20 bits per heavy atom. The summed E-state index contributed by atoms with van der Waals surface area (Å²) in [5.74, 6) is -0.470. The molecule has 5 amide bonds. The number of carbonyl (C=O) groups is 4. The molecule has 4 atom stereocenters. The Kier molecular flexibility index (Phi) is 7.28. The molecule has 0 radical (unpaired) electrons. The molecule has 10 heteroatoms. The van der Waals surface area contributed by atoms with E-state index in [-0.39, 0.29) is 48.2 Å². The first-order valence-corrected chi connectivity index (χ1v) is 14.3. The predicted molar refractivity (Wildman–Crippen MR) is 150 cm³/mol. The Morgan fingerprint density at radius 2 is 1.90 bits per heavy atom. The first-order valence-electron chi connectivity index (χ1n) is 14.3. The number of nitrogens with one attached hydrogen (secondary N) is 3. The summed E-state index contributed by atoms with van der Waals surface area (Å²) in [5, 5.41) is 8.70. The molecule has 2 heterocycles. The summed E-state index contributed by atoms with van der Waals surface area (Å²) in [5.41, 5.74) is 0.214. The number of carbonyl (C=O) groups excluding carboxylic acids is 4. The monoisotopic (exact) mass is 548 g/mol. The second-order valence-corrected chi connectivity index (χ2v) is 13.2. The second kappa shape index (κ2) is 10.4. The fourth-order valence-electron chi connectivity index (χ4n) is 6.04. The van der Waals surface area contributed by atoms with Crippen LogP contribution in [-0.2, 0) is 19.8 Å². The molecule has 214 valence electrons. The highest BCUT2D eigenvalue weighted by molar-refractivity contribution is 6.07. The quantitative estimate of drug-likeness (QED) is 0.433. The van der Waals surface area contributed by atoms with Gasteiger partial charge in [0.15, 0.2) is 0 Å². The molecule has 5 rings (SSSR count). The van der Waals surface area contributed by atoms with Gasteiger partial charge in [-0.05, 0) is 48.6 Å². The van der Waals surface area contributed by atoms with Gasteiger partial charge < -0.3 is 20.9 Å². The molecule has 2 saturated carbocycles. The van der Waals surface area contributed by atoms with E-state index < -0.39 is 23.7 Å². The molecule has 3 fully saturated rings. The molecule has 2 aliphatic carbocycles. The standard InChI is InChI=1S/C30H40N6O4/c1-29(2,3)15-23(35(5)25(37)22(14-18-10-11-18)34-28(40)32-19-12-13-19)26(38)36-17-30(16-24(36)31-4)20-8-6-7-9-21(20)33-27(30)39/h6-9,18-19,22-24H,10-17H2,1-3,5H3,(H,33,39)(H2,32,34,40)/t22-,23-,24-,30-/m0/s1. The normalized spacial score (nSPS) is 25.0. The Balaban J connectivity index is 1.40. The number of hydrogen-bond acceptors (Lipinski definition) is 4. The van der Waals surface area contributed by atoms with Crippen molar-refractivity contribution >= 4 is 29.4 Å². The number of urea groups is 1. The largest absolute Gasteiger partial charge is 0.335 e. The van der Waals surface area contributed by atoms with Crippen LogP contribution in [0.3, 0.4) is 0 Å². The van der Waals surface area contributed by atoms with Gasteiger partial charge in [0, 0.05) is 25.3 Å². The summed E-state index contributed by atoms with van der Waals surface area (Å²) in [4.78, 5) is 60.7. The van der Waals surface area contributed by atoms with Crippen LogP contribution in [0.5, 0.6) is 0 Å². The van der Waals surface area contributed by atoms with Crippen LogP contribution in [0.15, 0.2) is 24.3 Å². The van der Waals surface area contributed by atoms with Gasteiger partial charge in [0.1, 0.15) is 17.5 Å². The number of anilines is 1. The lowest BCUT2D eigenvalue weighted by Gasteiger charge is -2.36. The number of rotatable bonds is 8. The molecule has 2 aliphatic heterocycles. The number of amides is 5. The third-order valence-electron chi connectivity index (χ3n) is 8.58. The van der Waals surface area contributed by atoms with Gasteiger partial charge in [-0.2, -0.15) is 0 Å². The van der Waals surface area contributed by atoms with Gasteiger partial charge in [0.05, 0.1) is 6.42 Å². The molecule has 3 N–H and O–H groups in total. The highest BCUT2D eigenvalue weighted by Crippen LogP contribution is 2.47. The number of hydrogen-bond donors (Lipinski definition) is 3. The Hall–Kier alpha value is -3.61. The van der Waals surface area contributed by atoms with Crippen molar-refractivity contribution in [2.75, 3.05) is 18.9 Å². The summed E-state index contributed by atoms with van der Waals surface area (Å²) in [7, 11) is 1.62. The fourth-order valence-corrected chi connectivity index (χ4v) is 6.04. The summed E-state index contributed by atoms with van der Waals surface area (Å²) >= 11 is 0. The maximum Gasteiger partial charge on any atom is 0.315 e. The predicted octanol–water partition coefficient (Wildman–Crippen LogP) is 3.25. The summed E-state index contributed by atoms with van der Waals surface area (Å²) in [6, 6.07) is 5.65. The summed E-state index contributed by atoms with van der Waals surface area (Å²) in [6.45, 7) is 14.0. The smallest absolute Gasteiger partial charge is 0.315 e. The van der Waals surface area contributed by atoms with E-state index in [2.05, 4.69) is 20.8 Å². The van der Waals surface area contributed by atoms with Crippen molar-refractivity contribution in [3.05, 3.63) is 41.2 Å². The minimum absolute atomic E-state index is 0.0813. The third-order valence-corrected chi connectivity index (χ3v) is 8.58. The molecule has 0 bridgehead atoms. The molecule has 10 nitrogen and oxygen atoms in total. The van der Waals surface area contributed by atoms with Crippen molar-refractivity contribution in [3.8, 4) is 0 Å². The number of likely N-dealkylation sites (N-methyl/N-ethyl adjacent to an activating group) is 1. The van der Waals surface area contributed by atoms with Crippen LogP contribution in [-0.4, -0.2) is 71.4 Å². The summed E-state index contributed by atoms with van der Waals surface area (Å²) < 4.78 is 0. The maximum absolute atomic E-state index is 14.3. The van der Waals surface area contributed by atoms with E-state index in [4.69, 9.17) is 6.57 Å². The third kappa shape index (κ3) is 5.65. The number of nitrogens with zero attached hydrogens (tertiary/aromatic N) is 3. The van der Waals surface area contributed by atoms with Crippen molar-refractivity contribution < 1.29 is 19.2 Å². The van der Waals surface area contributed by atoms with Crippen molar-refractivity contribution in [2.24, 2.45) is 11.3 Å². The SMILES string of the molecule is [C-]#[N+][C@@H]1C[C@@]2(CN1C(=O)[C@H](CC(C)(C)C)N(C)C(=O)[C@H](CC1CC1)NC(=O)NC1CC1)C(=O)Nc1ccccc12. The highest BCUT2D eigenvalue weighted by atomic mass is 16.2. The topological polar surface area (TPSA) is 115 Å². The second-order valence-electron chi connectivity index (χ2n) is 13.2. The number of benzene rings is 1. The van der Waals surface area contributed by atoms with E-state index >= 15 is 0 Å². The summed E-state index contributed by atoms with van der Waals surface area (Å²) in [6.07, 6.45) is 4.23. The van der Waals surface area contributed by atoms with E-state index in [1.165, 1.54) is 9.80 Å². The van der Waals surface area contributed by atoms with Gasteiger partial charge in [0.2, 0.25) is 11.8 Å². The molecular formula is C30H40N6O4. The van der Waals surface area contributed by atoms with Gasteiger partial charge in [0.25, 0.3) is 5.91 Å². The molecule has 4 aliphatic rings. The molecular weight excluding hydrogens is 508 g/mol. The zero-order valence-electron chi connectivity index (χ0n) is 23.8. The first-order chi connectivity index (χ1) is 18.9. The van der Waals surface area contributed by atoms with Crippen molar-refractivity contribution in [2.45, 2.75) is 95.4 Å². The molecule has 1 saturated heterocycles. The van der Waals surface area contributed by atoms with Crippen molar-refractivity contribution in [1.29, 1.82) is 0 Å². The Morgan fingerprint density at radius 3 is 2.52 bits per heavy atom. The molecule has 1 aromatic carbocycles. The van der Waals surface area contributed by atoms with Crippen LogP contribution in [0, 0.1) is 17.9 Å². The average Bonchev–Trinajstić information content (AvgIpc) is 3.83. The van der Waals surface area contributed by atoms with Crippen LogP contribution in [0.25, 0.3) is 4.85 Å². The molecule has 1 spiro atoms. The number of para-hydroxylation sites is 1. The van der Waals surface area contributed by atoms with E-state index in [9.17, 15) is 19.2 Å². The van der Waals surface area contributed by atoms with Gasteiger partial charge in [-0.25, -0.2) is 11.4 Å².